The van der Waals surface area contributed by atoms with Gasteiger partial charge >= 0.3 is 0 Å². The highest BCUT2D eigenvalue weighted by atomic mass is 19.2. The standard InChI is InChI=1S/C20H20F4N2O4/c1-11(21)17(22)16(19(24)18(23)12(2)25)20(29)13-6-8-14(9-7-13)30-26(3)15(28)5-4-10-27/h6-10H,4-5,25H2,1-3H3/b17-11-,18-12-,19-16-. The van der Waals surface area contributed by atoms with Crippen LogP contribution in [-0.2, 0) is 9.59 Å². The molecule has 0 aliphatic carbocycles. The second-order valence-electron chi connectivity index (χ2n) is 6.07. The number of aldehydes is 1. The van der Waals surface area contributed by atoms with Crippen molar-refractivity contribution in [3.05, 3.63) is 64.4 Å². The number of Topliss-reactive ketones (excluding diaryl/α,β-unsaturated/α-hetero) is 1. The van der Waals surface area contributed by atoms with Gasteiger partial charge in [-0.2, -0.15) is 5.06 Å². The normalized spacial score (nSPS) is 13.6. The van der Waals surface area contributed by atoms with E-state index in [1.165, 1.54) is 19.2 Å². The van der Waals surface area contributed by atoms with E-state index in [4.69, 9.17) is 10.6 Å². The first-order chi connectivity index (χ1) is 14.0. The topological polar surface area (TPSA) is 89.7 Å². The molecule has 0 aliphatic rings. The van der Waals surface area contributed by atoms with Crippen molar-refractivity contribution in [3.63, 3.8) is 0 Å². The Hall–Kier alpha value is -3.43. The minimum atomic E-state index is -1.93. The molecule has 162 valence electrons. The number of nitrogens with two attached hydrogens (primary N) is 1. The maximum Gasteiger partial charge on any atom is 0.255 e. The number of hydrogen-bond donors (Lipinski definition) is 1. The van der Waals surface area contributed by atoms with Gasteiger partial charge in [-0.1, -0.05) is 0 Å². The zero-order valence-electron chi connectivity index (χ0n) is 16.5. The number of halogens is 4. The van der Waals surface area contributed by atoms with E-state index in [0.717, 1.165) is 24.1 Å². The van der Waals surface area contributed by atoms with Crippen LogP contribution in [0.2, 0.25) is 0 Å². The van der Waals surface area contributed by atoms with Crippen molar-refractivity contribution < 1.29 is 36.8 Å². The van der Waals surface area contributed by atoms with Crippen LogP contribution in [0.3, 0.4) is 0 Å². The van der Waals surface area contributed by atoms with E-state index in [1.807, 2.05) is 0 Å². The average Bonchev–Trinajstić information content (AvgIpc) is 2.71. The summed E-state index contributed by atoms with van der Waals surface area (Å²) in [4.78, 5) is 39.7. The number of hydroxylamine groups is 2. The number of carbonyl (C=O) groups is 3. The predicted molar refractivity (Wildman–Crippen MR) is 101 cm³/mol. The summed E-state index contributed by atoms with van der Waals surface area (Å²) in [5.74, 6) is -8.75. The molecule has 0 saturated carbocycles. The van der Waals surface area contributed by atoms with Crippen LogP contribution < -0.4 is 10.6 Å². The Morgan fingerprint density at radius 1 is 1.03 bits per heavy atom. The minimum absolute atomic E-state index is 0.0149. The maximum atomic E-state index is 14.3. The maximum absolute atomic E-state index is 14.3. The number of benzene rings is 1. The van der Waals surface area contributed by atoms with Crippen LogP contribution in [0.25, 0.3) is 0 Å². The molecule has 1 amide bonds. The third kappa shape index (κ3) is 6.29. The Morgan fingerprint density at radius 2 is 1.60 bits per heavy atom. The molecule has 1 aromatic rings. The highest BCUT2D eigenvalue weighted by Crippen LogP contribution is 2.30. The first-order valence-corrected chi connectivity index (χ1v) is 8.58. The molecule has 1 aromatic carbocycles. The number of amides is 1. The molecule has 0 aliphatic heterocycles. The number of carbonyl (C=O) groups excluding carboxylic acids is 3. The smallest absolute Gasteiger partial charge is 0.255 e. The molecule has 2 N–H and O–H groups in total. The molecule has 0 heterocycles. The van der Waals surface area contributed by atoms with Gasteiger partial charge in [-0.05, 0) is 38.1 Å². The largest absolute Gasteiger partial charge is 0.400 e. The Kier molecular flexibility index (Phi) is 8.97. The monoisotopic (exact) mass is 428 g/mol. The van der Waals surface area contributed by atoms with Gasteiger partial charge in [0.2, 0.25) is 0 Å². The fraction of sp³-hybridized carbons (Fsp3) is 0.250. The van der Waals surface area contributed by atoms with Gasteiger partial charge in [-0.25, -0.2) is 17.6 Å². The van der Waals surface area contributed by atoms with Crippen LogP contribution in [0, 0.1) is 0 Å². The van der Waals surface area contributed by atoms with E-state index in [9.17, 15) is 31.9 Å². The molecule has 0 radical (unpaired) electrons. The van der Waals surface area contributed by atoms with Gasteiger partial charge < -0.3 is 15.4 Å². The lowest BCUT2D eigenvalue weighted by Crippen LogP contribution is -2.29. The average molecular weight is 428 g/mol. The van der Waals surface area contributed by atoms with Gasteiger partial charge in [0.15, 0.2) is 29.0 Å². The molecule has 0 aromatic heterocycles. The van der Waals surface area contributed by atoms with Crippen molar-refractivity contribution in [2.45, 2.75) is 26.7 Å². The molecule has 0 atom stereocenters. The Bertz CT molecular complexity index is 913. The molecular weight excluding hydrogens is 408 g/mol. The first kappa shape index (κ1) is 24.6. The summed E-state index contributed by atoms with van der Waals surface area (Å²) < 4.78 is 55.6. The van der Waals surface area contributed by atoms with Crippen molar-refractivity contribution in [2.75, 3.05) is 7.05 Å². The second-order valence-corrected chi connectivity index (χ2v) is 6.07. The fourth-order valence-electron chi connectivity index (χ4n) is 2.11. The molecule has 6 nitrogen and oxygen atoms in total. The lowest BCUT2D eigenvalue weighted by Gasteiger charge is -2.17. The number of rotatable bonds is 9. The van der Waals surface area contributed by atoms with Gasteiger partial charge in [-0.3, -0.25) is 9.59 Å². The molecule has 1 rings (SSSR count). The Labute approximate surface area is 170 Å². The third-order valence-corrected chi connectivity index (χ3v) is 3.69. The zero-order chi connectivity index (χ0) is 23.0. The van der Waals surface area contributed by atoms with E-state index < -0.39 is 46.3 Å². The molecule has 0 unspecified atom stereocenters. The molecule has 0 fully saturated rings. The molecule has 10 heteroatoms. The van der Waals surface area contributed by atoms with E-state index in [0.29, 0.717) is 13.2 Å². The lowest BCUT2D eigenvalue weighted by molar-refractivity contribution is -0.153. The van der Waals surface area contributed by atoms with Gasteiger partial charge in [0.05, 0.1) is 5.57 Å². The summed E-state index contributed by atoms with van der Waals surface area (Å²) in [6.45, 7) is 1.63. The minimum Gasteiger partial charge on any atom is -0.400 e. The summed E-state index contributed by atoms with van der Waals surface area (Å²) in [6.07, 6.45) is 0.520. The Morgan fingerprint density at radius 3 is 2.07 bits per heavy atom. The summed E-state index contributed by atoms with van der Waals surface area (Å²) >= 11 is 0. The fourth-order valence-corrected chi connectivity index (χ4v) is 2.11. The molecule has 0 bridgehead atoms. The molecule has 30 heavy (non-hydrogen) atoms. The van der Waals surface area contributed by atoms with Crippen LogP contribution in [-0.4, -0.2) is 30.1 Å². The third-order valence-electron chi connectivity index (χ3n) is 3.69. The lowest BCUT2D eigenvalue weighted by atomic mass is 10.00. The summed E-state index contributed by atoms with van der Waals surface area (Å²) in [5, 5.41) is 0.865. The van der Waals surface area contributed by atoms with Crippen LogP contribution in [0.5, 0.6) is 5.75 Å². The van der Waals surface area contributed by atoms with Crippen LogP contribution >= 0.6 is 0 Å². The zero-order valence-corrected chi connectivity index (χ0v) is 16.5. The van der Waals surface area contributed by atoms with E-state index in [2.05, 4.69) is 0 Å². The molecular formula is C20H20F4N2O4. The summed E-state index contributed by atoms with van der Waals surface area (Å²) in [7, 11) is 1.30. The second kappa shape index (κ2) is 10.9. The van der Waals surface area contributed by atoms with Crippen LogP contribution in [0.1, 0.15) is 37.0 Å². The van der Waals surface area contributed by atoms with E-state index >= 15 is 0 Å². The highest BCUT2D eigenvalue weighted by molar-refractivity contribution is 6.12. The van der Waals surface area contributed by atoms with Crippen molar-refractivity contribution in [2.24, 2.45) is 5.73 Å². The quantitative estimate of drug-likeness (QED) is 0.159. The predicted octanol–water partition coefficient (Wildman–Crippen LogP) is 4.15. The summed E-state index contributed by atoms with van der Waals surface area (Å²) in [6, 6.07) is 4.59. The van der Waals surface area contributed by atoms with Crippen molar-refractivity contribution in [1.82, 2.24) is 5.06 Å². The molecule has 0 saturated heterocycles. The first-order valence-electron chi connectivity index (χ1n) is 8.58. The number of ketones is 1. The van der Waals surface area contributed by atoms with Crippen molar-refractivity contribution >= 4 is 18.0 Å². The molecule has 0 spiro atoms. The number of nitrogens with zero attached hydrogens (tertiary/aromatic N) is 1. The van der Waals surface area contributed by atoms with E-state index in [-0.39, 0.29) is 24.2 Å². The number of allylic oxidation sites excluding steroid dienone is 6. The van der Waals surface area contributed by atoms with E-state index in [1.54, 1.807) is 0 Å². The van der Waals surface area contributed by atoms with Gasteiger partial charge in [0.25, 0.3) is 5.91 Å². The van der Waals surface area contributed by atoms with Gasteiger partial charge in [0, 0.05) is 31.1 Å². The SMILES string of the molecule is C\C(N)=C(F)/C(F)=C(C(=O)c1ccc(ON(C)C(=O)CCC=O)cc1)\C(F)=C(/C)F. The highest BCUT2D eigenvalue weighted by Gasteiger charge is 2.27. The van der Waals surface area contributed by atoms with Crippen LogP contribution in [0.15, 0.2) is 58.8 Å². The Balaban J connectivity index is 3.21. The van der Waals surface area contributed by atoms with Crippen molar-refractivity contribution in [3.8, 4) is 5.75 Å². The number of hydrogen-bond acceptors (Lipinski definition) is 5. The van der Waals surface area contributed by atoms with Crippen LogP contribution in [0.4, 0.5) is 17.6 Å². The van der Waals surface area contributed by atoms with Gasteiger partial charge in [-0.15, -0.1) is 0 Å². The van der Waals surface area contributed by atoms with Crippen molar-refractivity contribution in [1.29, 1.82) is 0 Å². The summed E-state index contributed by atoms with van der Waals surface area (Å²) in [5.41, 5.74) is 2.71. The van der Waals surface area contributed by atoms with Gasteiger partial charge in [0.1, 0.15) is 12.1 Å².